The first-order valence-corrected chi connectivity index (χ1v) is 10.3. The van der Waals surface area contributed by atoms with Crippen molar-refractivity contribution in [1.29, 1.82) is 0 Å². The molecule has 0 aliphatic rings. The maximum Gasteiger partial charge on any atom is 0.273 e. The number of amides is 2. The summed E-state index contributed by atoms with van der Waals surface area (Å²) >= 11 is 3.59. The van der Waals surface area contributed by atoms with Gasteiger partial charge in [-0.2, -0.15) is 0 Å². The molecule has 144 valence electrons. The van der Waals surface area contributed by atoms with Crippen LogP contribution in [0.2, 0.25) is 0 Å². The third-order valence-electron chi connectivity index (χ3n) is 3.30. The standard InChI is InChI=1S/C15H12N6O4S3/c1-8-2-3-9(6-10(8)21(24)25)12(23)18-14-19-20-15(28-14)27-7-11(22)17-13-16-4-5-26-13/h2-6H,7H2,1H3,(H,16,17,22)(H,18,19,23). The molecular weight excluding hydrogens is 424 g/mol. The van der Waals surface area contributed by atoms with Gasteiger partial charge in [-0.3, -0.25) is 25.0 Å². The van der Waals surface area contributed by atoms with Gasteiger partial charge in [-0.05, 0) is 13.0 Å². The Morgan fingerprint density at radius 2 is 2.07 bits per heavy atom. The first-order valence-electron chi connectivity index (χ1n) is 7.64. The lowest BCUT2D eigenvalue weighted by molar-refractivity contribution is -0.385. The van der Waals surface area contributed by atoms with Crippen molar-refractivity contribution in [3.8, 4) is 0 Å². The summed E-state index contributed by atoms with van der Waals surface area (Å²) in [6, 6.07) is 4.22. The number of nitrogens with zero attached hydrogens (tertiary/aromatic N) is 4. The number of nitro groups is 1. The molecule has 0 spiro atoms. The minimum absolute atomic E-state index is 0.117. The summed E-state index contributed by atoms with van der Waals surface area (Å²) in [5.41, 5.74) is 0.476. The highest BCUT2D eigenvalue weighted by molar-refractivity contribution is 8.01. The summed E-state index contributed by atoms with van der Waals surface area (Å²) in [6.45, 7) is 1.60. The molecule has 10 nitrogen and oxygen atoms in total. The van der Waals surface area contributed by atoms with Gasteiger partial charge in [-0.25, -0.2) is 4.98 Å². The molecule has 0 radical (unpaired) electrons. The number of nitrogens with one attached hydrogen (secondary N) is 2. The lowest BCUT2D eigenvalue weighted by Gasteiger charge is -2.02. The fraction of sp³-hybridized carbons (Fsp3) is 0.133. The molecule has 3 aromatic rings. The summed E-state index contributed by atoms with van der Waals surface area (Å²) in [4.78, 5) is 38.5. The van der Waals surface area contributed by atoms with E-state index in [2.05, 4.69) is 25.8 Å². The number of anilines is 2. The average Bonchev–Trinajstić information content (AvgIpc) is 3.32. The van der Waals surface area contributed by atoms with Crippen LogP contribution in [0, 0.1) is 17.0 Å². The van der Waals surface area contributed by atoms with Crippen LogP contribution in [0.4, 0.5) is 16.0 Å². The van der Waals surface area contributed by atoms with Crippen LogP contribution in [-0.2, 0) is 4.79 Å². The maximum absolute atomic E-state index is 12.3. The number of aromatic nitrogens is 3. The van der Waals surface area contributed by atoms with Crippen molar-refractivity contribution >= 4 is 62.2 Å². The van der Waals surface area contributed by atoms with Crippen molar-refractivity contribution in [3.05, 3.63) is 51.0 Å². The molecule has 2 aromatic heterocycles. The van der Waals surface area contributed by atoms with Gasteiger partial charge in [0.25, 0.3) is 11.6 Å². The van der Waals surface area contributed by atoms with Gasteiger partial charge in [0.05, 0.1) is 10.7 Å². The fourth-order valence-corrected chi connectivity index (χ4v) is 4.10. The predicted molar refractivity (Wildman–Crippen MR) is 107 cm³/mol. The van der Waals surface area contributed by atoms with Crippen LogP contribution in [0.15, 0.2) is 34.1 Å². The minimum Gasteiger partial charge on any atom is -0.301 e. The van der Waals surface area contributed by atoms with E-state index in [1.165, 1.54) is 41.3 Å². The Hall–Kier alpha value is -2.90. The van der Waals surface area contributed by atoms with Crippen molar-refractivity contribution in [1.82, 2.24) is 15.2 Å². The molecule has 0 unspecified atom stereocenters. The molecule has 0 saturated heterocycles. The summed E-state index contributed by atoms with van der Waals surface area (Å²) < 4.78 is 0.500. The number of aryl methyl sites for hydroxylation is 1. The van der Waals surface area contributed by atoms with Crippen molar-refractivity contribution in [2.45, 2.75) is 11.3 Å². The van der Waals surface area contributed by atoms with Crippen LogP contribution in [0.25, 0.3) is 0 Å². The van der Waals surface area contributed by atoms with Crippen LogP contribution in [0.1, 0.15) is 15.9 Å². The van der Waals surface area contributed by atoms with Crippen molar-refractivity contribution in [3.63, 3.8) is 0 Å². The molecule has 0 aliphatic carbocycles. The first kappa shape index (κ1) is 19.9. The predicted octanol–water partition coefficient (Wildman–Crippen LogP) is 3.19. The van der Waals surface area contributed by atoms with E-state index in [1.807, 2.05) is 0 Å². The number of hydrogen-bond acceptors (Lipinski definition) is 10. The number of carbonyl (C=O) groups is 2. The Labute approximate surface area is 170 Å². The van der Waals surface area contributed by atoms with Crippen molar-refractivity contribution in [2.24, 2.45) is 0 Å². The summed E-state index contributed by atoms with van der Waals surface area (Å²) in [5, 5.41) is 26.5. The lowest BCUT2D eigenvalue weighted by Crippen LogP contribution is -2.13. The first-order chi connectivity index (χ1) is 13.4. The number of nitro benzene ring substituents is 1. The van der Waals surface area contributed by atoms with E-state index in [0.717, 1.165) is 11.3 Å². The zero-order chi connectivity index (χ0) is 20.1. The average molecular weight is 437 g/mol. The van der Waals surface area contributed by atoms with Gasteiger partial charge in [0.1, 0.15) is 0 Å². The number of rotatable bonds is 7. The second-order valence-corrected chi connectivity index (χ2v) is 8.35. The highest BCUT2D eigenvalue weighted by atomic mass is 32.2. The van der Waals surface area contributed by atoms with Gasteiger partial charge >= 0.3 is 0 Å². The SMILES string of the molecule is Cc1ccc(C(=O)Nc2nnc(SCC(=O)Nc3nccs3)s2)cc1[N+](=O)[O-]. The molecule has 2 amide bonds. The molecule has 0 bridgehead atoms. The van der Waals surface area contributed by atoms with Gasteiger partial charge in [0, 0.05) is 28.8 Å². The maximum atomic E-state index is 12.3. The van der Waals surface area contributed by atoms with Crippen molar-refractivity contribution in [2.75, 3.05) is 16.4 Å². The summed E-state index contributed by atoms with van der Waals surface area (Å²) in [6.07, 6.45) is 1.59. The van der Waals surface area contributed by atoms with Gasteiger partial charge in [0.15, 0.2) is 9.47 Å². The zero-order valence-corrected chi connectivity index (χ0v) is 16.7. The smallest absolute Gasteiger partial charge is 0.273 e. The lowest BCUT2D eigenvalue weighted by atomic mass is 10.1. The molecule has 1 aromatic carbocycles. The van der Waals surface area contributed by atoms with Gasteiger partial charge in [-0.15, -0.1) is 21.5 Å². The zero-order valence-electron chi connectivity index (χ0n) is 14.2. The molecule has 13 heteroatoms. The quantitative estimate of drug-likeness (QED) is 0.249. The van der Waals surface area contributed by atoms with E-state index in [-0.39, 0.29) is 28.0 Å². The van der Waals surface area contributed by atoms with E-state index in [9.17, 15) is 19.7 Å². The minimum atomic E-state index is -0.539. The third-order valence-corrected chi connectivity index (χ3v) is 5.96. The van der Waals surface area contributed by atoms with E-state index in [0.29, 0.717) is 15.0 Å². The largest absolute Gasteiger partial charge is 0.301 e. The Morgan fingerprint density at radius 1 is 1.25 bits per heavy atom. The van der Waals surface area contributed by atoms with Crippen LogP contribution >= 0.6 is 34.4 Å². The Balaban J connectivity index is 1.57. The van der Waals surface area contributed by atoms with E-state index < -0.39 is 10.8 Å². The normalized spacial score (nSPS) is 10.5. The monoisotopic (exact) mass is 436 g/mol. The Morgan fingerprint density at radius 3 is 2.79 bits per heavy atom. The molecule has 0 atom stereocenters. The third kappa shape index (κ3) is 5.09. The van der Waals surface area contributed by atoms with E-state index in [4.69, 9.17) is 0 Å². The van der Waals surface area contributed by atoms with Crippen LogP contribution in [0.5, 0.6) is 0 Å². The van der Waals surface area contributed by atoms with Gasteiger partial charge in [-0.1, -0.05) is 29.2 Å². The number of thiazole rings is 1. The highest BCUT2D eigenvalue weighted by Crippen LogP contribution is 2.26. The molecule has 3 rings (SSSR count). The molecule has 2 heterocycles. The van der Waals surface area contributed by atoms with E-state index in [1.54, 1.807) is 18.5 Å². The van der Waals surface area contributed by atoms with Crippen LogP contribution in [-0.4, -0.2) is 37.7 Å². The molecule has 2 N–H and O–H groups in total. The van der Waals surface area contributed by atoms with Crippen LogP contribution < -0.4 is 10.6 Å². The van der Waals surface area contributed by atoms with Gasteiger partial charge < -0.3 is 5.32 Å². The number of benzene rings is 1. The second kappa shape index (κ2) is 8.86. The molecule has 28 heavy (non-hydrogen) atoms. The number of carbonyl (C=O) groups excluding carboxylic acids is 2. The highest BCUT2D eigenvalue weighted by Gasteiger charge is 2.17. The van der Waals surface area contributed by atoms with Crippen LogP contribution in [0.3, 0.4) is 0 Å². The second-order valence-electron chi connectivity index (χ2n) is 5.26. The molecular formula is C15H12N6O4S3. The molecule has 0 aliphatic heterocycles. The van der Waals surface area contributed by atoms with E-state index >= 15 is 0 Å². The summed E-state index contributed by atoms with van der Waals surface area (Å²) in [5.74, 6) is -0.642. The fourth-order valence-electron chi connectivity index (χ4n) is 2.00. The Kier molecular flexibility index (Phi) is 6.28. The summed E-state index contributed by atoms with van der Waals surface area (Å²) in [7, 11) is 0. The molecule has 0 fully saturated rings. The number of thioether (sulfide) groups is 1. The number of hydrogen-bond donors (Lipinski definition) is 2. The van der Waals surface area contributed by atoms with Gasteiger partial charge in [0.2, 0.25) is 11.0 Å². The topological polar surface area (TPSA) is 140 Å². The molecule has 0 saturated carbocycles. The van der Waals surface area contributed by atoms with Crippen molar-refractivity contribution < 1.29 is 14.5 Å². The Bertz CT molecular complexity index is 1020.